The lowest BCUT2D eigenvalue weighted by Crippen LogP contribution is -2.35. The number of ether oxygens (including phenoxy) is 1. The van der Waals surface area contributed by atoms with E-state index in [0.29, 0.717) is 23.6 Å². The van der Waals surface area contributed by atoms with Crippen molar-refractivity contribution in [2.24, 2.45) is 0 Å². The summed E-state index contributed by atoms with van der Waals surface area (Å²) >= 11 is 0. The van der Waals surface area contributed by atoms with E-state index in [0.717, 1.165) is 12.8 Å². The van der Waals surface area contributed by atoms with E-state index < -0.39 is 17.2 Å². The molecule has 0 spiro atoms. The van der Waals surface area contributed by atoms with Crippen LogP contribution < -0.4 is 10.1 Å². The maximum absolute atomic E-state index is 12.3. The van der Waals surface area contributed by atoms with Crippen LogP contribution in [0.3, 0.4) is 0 Å². The van der Waals surface area contributed by atoms with E-state index in [-0.39, 0.29) is 11.8 Å². The molecule has 0 aliphatic carbocycles. The number of benzene rings is 1. The number of para-hydroxylation sites is 1. The van der Waals surface area contributed by atoms with E-state index >= 15 is 0 Å². The maximum atomic E-state index is 12.3. The van der Waals surface area contributed by atoms with Crippen LogP contribution in [-0.2, 0) is 17.3 Å². The van der Waals surface area contributed by atoms with Gasteiger partial charge in [0.1, 0.15) is 5.75 Å². The predicted molar refractivity (Wildman–Crippen MR) is 70.9 cm³/mol. The van der Waals surface area contributed by atoms with Gasteiger partial charge in [0, 0.05) is 40.5 Å². The molecule has 1 heterocycles. The van der Waals surface area contributed by atoms with Gasteiger partial charge in [-0.1, -0.05) is 18.2 Å². The highest BCUT2D eigenvalue weighted by atomic mass is 32.2. The average Bonchev–Trinajstić information content (AvgIpc) is 2.38. The molecule has 0 bridgehead atoms. The van der Waals surface area contributed by atoms with Crippen LogP contribution in [0.4, 0.5) is 13.2 Å². The van der Waals surface area contributed by atoms with E-state index in [1.165, 1.54) is 12.1 Å². The Hall–Kier alpha value is -1.08. The third-order valence-electron chi connectivity index (χ3n) is 3.17. The minimum atomic E-state index is -4.68. The quantitative estimate of drug-likeness (QED) is 0.929. The third kappa shape index (κ3) is 4.79. The highest BCUT2D eigenvalue weighted by Crippen LogP contribution is 2.26. The first-order chi connectivity index (χ1) is 9.44. The Balaban J connectivity index is 1.94. The molecule has 0 aromatic heterocycles. The SMILES string of the molecule is O=S1CCC(NCc2ccccc2OC(F)(F)F)CC1. The molecule has 1 aromatic rings. The standard InChI is InChI=1S/C13H16F3NO2S/c14-13(15,16)19-12-4-2-1-3-10(12)9-17-11-5-7-20(18)8-6-11/h1-4,11,17H,5-9H2. The van der Waals surface area contributed by atoms with E-state index in [9.17, 15) is 17.4 Å². The third-order valence-corrected chi connectivity index (χ3v) is 4.55. The topological polar surface area (TPSA) is 38.3 Å². The molecule has 20 heavy (non-hydrogen) atoms. The van der Waals surface area contributed by atoms with E-state index in [2.05, 4.69) is 10.1 Å². The van der Waals surface area contributed by atoms with Gasteiger partial charge in [0.15, 0.2) is 0 Å². The van der Waals surface area contributed by atoms with Gasteiger partial charge in [0.25, 0.3) is 0 Å². The molecule has 3 nitrogen and oxygen atoms in total. The van der Waals surface area contributed by atoms with Gasteiger partial charge >= 0.3 is 6.36 Å². The summed E-state index contributed by atoms with van der Waals surface area (Å²) in [6.07, 6.45) is -3.11. The molecule has 2 rings (SSSR count). The van der Waals surface area contributed by atoms with Crippen molar-refractivity contribution in [1.29, 1.82) is 0 Å². The lowest BCUT2D eigenvalue weighted by molar-refractivity contribution is -0.274. The fraction of sp³-hybridized carbons (Fsp3) is 0.538. The van der Waals surface area contributed by atoms with Crippen LogP contribution in [0.1, 0.15) is 18.4 Å². The van der Waals surface area contributed by atoms with Crippen molar-refractivity contribution >= 4 is 10.8 Å². The Morgan fingerprint density at radius 1 is 1.25 bits per heavy atom. The number of alkyl halides is 3. The summed E-state index contributed by atoms with van der Waals surface area (Å²) in [5.74, 6) is 1.13. The van der Waals surface area contributed by atoms with Gasteiger partial charge in [0.05, 0.1) is 0 Å². The second kappa shape index (κ2) is 6.58. The molecule has 0 saturated carbocycles. The van der Waals surface area contributed by atoms with Crippen molar-refractivity contribution in [3.8, 4) is 5.75 Å². The summed E-state index contributed by atoms with van der Waals surface area (Å²) < 4.78 is 52.1. The largest absolute Gasteiger partial charge is 0.573 e. The summed E-state index contributed by atoms with van der Waals surface area (Å²) in [5, 5.41) is 3.20. The van der Waals surface area contributed by atoms with Crippen LogP contribution in [0, 0.1) is 0 Å². The minimum Gasteiger partial charge on any atom is -0.405 e. The van der Waals surface area contributed by atoms with Crippen molar-refractivity contribution < 1.29 is 22.1 Å². The Labute approximate surface area is 118 Å². The van der Waals surface area contributed by atoms with Crippen molar-refractivity contribution in [3.63, 3.8) is 0 Å². The van der Waals surface area contributed by atoms with E-state index in [4.69, 9.17) is 0 Å². The zero-order chi connectivity index (χ0) is 14.6. The van der Waals surface area contributed by atoms with Gasteiger partial charge in [-0.25, -0.2) is 0 Å². The van der Waals surface area contributed by atoms with E-state index in [1.807, 2.05) is 0 Å². The summed E-state index contributed by atoms with van der Waals surface area (Å²) in [5.41, 5.74) is 0.469. The van der Waals surface area contributed by atoms with Crippen LogP contribution in [-0.4, -0.2) is 28.1 Å². The molecular formula is C13H16F3NO2S. The van der Waals surface area contributed by atoms with Gasteiger partial charge in [-0.15, -0.1) is 13.2 Å². The second-order valence-corrected chi connectivity index (χ2v) is 6.35. The molecule has 0 unspecified atom stereocenters. The van der Waals surface area contributed by atoms with Crippen LogP contribution in [0.15, 0.2) is 24.3 Å². The van der Waals surface area contributed by atoms with Crippen molar-refractivity contribution in [3.05, 3.63) is 29.8 Å². The Bertz CT molecular complexity index is 469. The van der Waals surface area contributed by atoms with E-state index in [1.54, 1.807) is 12.1 Å². The number of hydrogen-bond donors (Lipinski definition) is 1. The molecule has 1 fully saturated rings. The zero-order valence-electron chi connectivity index (χ0n) is 10.8. The molecule has 7 heteroatoms. The van der Waals surface area contributed by atoms with Gasteiger partial charge in [-0.05, 0) is 18.9 Å². The van der Waals surface area contributed by atoms with Gasteiger partial charge in [-0.2, -0.15) is 0 Å². The Morgan fingerprint density at radius 3 is 2.55 bits per heavy atom. The van der Waals surface area contributed by atoms with Crippen LogP contribution in [0.25, 0.3) is 0 Å². The summed E-state index contributed by atoms with van der Waals surface area (Å²) in [6, 6.07) is 6.30. The van der Waals surface area contributed by atoms with Crippen LogP contribution in [0.2, 0.25) is 0 Å². The lowest BCUT2D eigenvalue weighted by Gasteiger charge is -2.23. The molecule has 0 amide bonds. The molecule has 1 N–H and O–H groups in total. The molecule has 1 saturated heterocycles. The lowest BCUT2D eigenvalue weighted by atomic mass is 10.1. The highest BCUT2D eigenvalue weighted by molar-refractivity contribution is 7.85. The van der Waals surface area contributed by atoms with Gasteiger partial charge in [0.2, 0.25) is 0 Å². The molecule has 1 aliphatic heterocycles. The first-order valence-corrected chi connectivity index (χ1v) is 7.85. The zero-order valence-corrected chi connectivity index (χ0v) is 11.6. The average molecular weight is 307 g/mol. The minimum absolute atomic E-state index is 0.174. The smallest absolute Gasteiger partial charge is 0.405 e. The molecule has 112 valence electrons. The van der Waals surface area contributed by atoms with Gasteiger partial charge < -0.3 is 10.1 Å². The summed E-state index contributed by atoms with van der Waals surface area (Å²) in [7, 11) is -0.740. The molecule has 1 aliphatic rings. The van der Waals surface area contributed by atoms with Crippen molar-refractivity contribution in [1.82, 2.24) is 5.32 Å². The van der Waals surface area contributed by atoms with Gasteiger partial charge in [-0.3, -0.25) is 4.21 Å². The molecular weight excluding hydrogens is 291 g/mol. The molecule has 0 atom stereocenters. The normalized spacial score (nSPS) is 23.6. The van der Waals surface area contributed by atoms with Crippen molar-refractivity contribution in [2.75, 3.05) is 11.5 Å². The van der Waals surface area contributed by atoms with Crippen LogP contribution >= 0.6 is 0 Å². The monoisotopic (exact) mass is 307 g/mol. The maximum Gasteiger partial charge on any atom is 0.573 e. The van der Waals surface area contributed by atoms with Crippen LogP contribution in [0.5, 0.6) is 5.75 Å². The number of hydrogen-bond acceptors (Lipinski definition) is 3. The molecule has 1 aromatic carbocycles. The summed E-state index contributed by atoms with van der Waals surface area (Å²) in [4.78, 5) is 0. The molecule has 0 radical (unpaired) electrons. The first-order valence-electron chi connectivity index (χ1n) is 6.36. The Kier molecular flexibility index (Phi) is 5.04. The summed E-state index contributed by atoms with van der Waals surface area (Å²) in [6.45, 7) is 0.309. The number of nitrogens with one attached hydrogen (secondary N) is 1. The predicted octanol–water partition coefficient (Wildman–Crippen LogP) is 2.59. The fourth-order valence-electron chi connectivity index (χ4n) is 2.13. The highest BCUT2D eigenvalue weighted by Gasteiger charge is 2.32. The second-order valence-electron chi connectivity index (χ2n) is 4.66. The van der Waals surface area contributed by atoms with Crippen molar-refractivity contribution in [2.45, 2.75) is 31.8 Å². The fourth-order valence-corrected chi connectivity index (χ4v) is 3.43. The number of rotatable bonds is 4. The number of halogens is 3. The Morgan fingerprint density at radius 2 is 1.90 bits per heavy atom. The first kappa shape index (κ1) is 15.3.